The Balaban J connectivity index is 1.68. The number of amides is 1. The third-order valence-corrected chi connectivity index (χ3v) is 6.31. The first kappa shape index (κ1) is 19.6. The number of aliphatic carboxylic acids is 1. The zero-order chi connectivity index (χ0) is 19.2. The number of carboxylic acids is 1. The highest BCUT2D eigenvalue weighted by Gasteiger charge is 2.18. The van der Waals surface area contributed by atoms with E-state index in [0.717, 1.165) is 10.4 Å². The van der Waals surface area contributed by atoms with Crippen molar-refractivity contribution in [2.45, 2.75) is 24.7 Å². The first-order valence-corrected chi connectivity index (χ1v) is 10.9. The summed E-state index contributed by atoms with van der Waals surface area (Å²) in [5.41, 5.74) is 1.10. The topological polar surface area (TPSA) is 88.3 Å². The van der Waals surface area contributed by atoms with E-state index in [2.05, 4.69) is 10.2 Å². The minimum atomic E-state index is -0.886. The highest BCUT2D eigenvalue weighted by atomic mass is 32.2. The van der Waals surface area contributed by atoms with E-state index in [-0.39, 0.29) is 24.6 Å². The second-order valence-corrected chi connectivity index (χ2v) is 8.42. The molecule has 0 spiro atoms. The van der Waals surface area contributed by atoms with Crippen LogP contribution >= 0.6 is 34.4 Å². The van der Waals surface area contributed by atoms with E-state index < -0.39 is 5.97 Å². The Morgan fingerprint density at radius 1 is 1.30 bits per heavy atom. The lowest BCUT2D eigenvalue weighted by atomic mass is 10.3. The Labute approximate surface area is 168 Å². The molecule has 0 aliphatic carbocycles. The molecule has 0 aliphatic rings. The fraction of sp³-hybridized carbons (Fsp3) is 0.294. The maximum Gasteiger partial charge on any atom is 0.305 e. The molecule has 0 unspecified atom stereocenters. The van der Waals surface area contributed by atoms with Gasteiger partial charge in [0, 0.05) is 20.1 Å². The van der Waals surface area contributed by atoms with Crippen LogP contribution in [0.2, 0.25) is 0 Å². The fourth-order valence-corrected chi connectivity index (χ4v) is 4.66. The summed E-state index contributed by atoms with van der Waals surface area (Å²) in [7, 11) is 1.77. The van der Waals surface area contributed by atoms with Crippen molar-refractivity contribution >= 4 is 46.3 Å². The van der Waals surface area contributed by atoms with Crippen LogP contribution in [-0.4, -0.2) is 49.4 Å². The van der Waals surface area contributed by atoms with Crippen molar-refractivity contribution in [3.05, 3.63) is 39.9 Å². The number of rotatable bonds is 9. The highest BCUT2D eigenvalue weighted by molar-refractivity contribution is 7.99. The molecule has 0 radical (unpaired) electrons. The molecule has 0 saturated heterocycles. The first-order valence-electron chi connectivity index (χ1n) is 8.11. The quantitative estimate of drug-likeness (QED) is 0.532. The molecule has 3 rings (SSSR count). The molecule has 10 heteroatoms. The number of hydrogen-bond acceptors (Lipinski definition) is 7. The van der Waals surface area contributed by atoms with Crippen molar-refractivity contribution in [1.82, 2.24) is 19.7 Å². The van der Waals surface area contributed by atoms with Gasteiger partial charge in [0.2, 0.25) is 5.91 Å². The number of hydrogen-bond donors (Lipinski definition) is 1. The molecule has 0 fully saturated rings. The van der Waals surface area contributed by atoms with Crippen molar-refractivity contribution in [3.8, 4) is 10.7 Å². The van der Waals surface area contributed by atoms with Gasteiger partial charge in [0.15, 0.2) is 11.0 Å². The van der Waals surface area contributed by atoms with Gasteiger partial charge in [-0.05, 0) is 33.8 Å². The molecule has 1 N–H and O–H groups in total. The van der Waals surface area contributed by atoms with E-state index in [9.17, 15) is 9.59 Å². The van der Waals surface area contributed by atoms with Crippen LogP contribution in [0, 0.1) is 0 Å². The minimum Gasteiger partial charge on any atom is -0.481 e. The van der Waals surface area contributed by atoms with Gasteiger partial charge in [-0.25, -0.2) is 0 Å². The summed E-state index contributed by atoms with van der Waals surface area (Å²) in [6.45, 7) is 0.825. The van der Waals surface area contributed by atoms with E-state index in [1.807, 2.05) is 34.3 Å². The van der Waals surface area contributed by atoms with Crippen molar-refractivity contribution in [1.29, 1.82) is 0 Å². The van der Waals surface area contributed by atoms with Crippen LogP contribution in [0.1, 0.15) is 12.0 Å². The standard InChI is InChI=1S/C17H18N4O3S3/c1-20(9-12-5-8-25-10-12)14(22)11-27-17-19-18-16(13-3-2-7-26-13)21(17)6-4-15(23)24/h2-3,5,7-8,10H,4,6,9,11H2,1H3,(H,23,24). The Morgan fingerprint density at radius 2 is 2.15 bits per heavy atom. The molecule has 0 bridgehead atoms. The smallest absolute Gasteiger partial charge is 0.305 e. The van der Waals surface area contributed by atoms with Crippen LogP contribution in [0.15, 0.2) is 39.5 Å². The SMILES string of the molecule is CN(Cc1ccsc1)C(=O)CSc1nnc(-c2cccs2)n1CCC(=O)O. The van der Waals surface area contributed by atoms with Crippen molar-refractivity contribution < 1.29 is 14.7 Å². The van der Waals surface area contributed by atoms with E-state index in [4.69, 9.17) is 5.11 Å². The number of aromatic nitrogens is 3. The summed E-state index contributed by atoms with van der Waals surface area (Å²) in [4.78, 5) is 26.0. The predicted molar refractivity (Wildman–Crippen MR) is 107 cm³/mol. The van der Waals surface area contributed by atoms with Crippen LogP contribution in [0.25, 0.3) is 10.7 Å². The first-order chi connectivity index (χ1) is 13.0. The van der Waals surface area contributed by atoms with Gasteiger partial charge in [-0.15, -0.1) is 21.5 Å². The van der Waals surface area contributed by atoms with Gasteiger partial charge in [-0.3, -0.25) is 9.59 Å². The third-order valence-electron chi connectivity index (χ3n) is 3.76. The molecular weight excluding hydrogens is 404 g/mol. The average Bonchev–Trinajstić information content (AvgIpc) is 3.38. The van der Waals surface area contributed by atoms with Gasteiger partial charge in [0.1, 0.15) is 0 Å². The van der Waals surface area contributed by atoms with Crippen molar-refractivity contribution in [2.24, 2.45) is 0 Å². The normalized spacial score (nSPS) is 10.9. The average molecular weight is 423 g/mol. The number of thioether (sulfide) groups is 1. The van der Waals surface area contributed by atoms with Gasteiger partial charge in [-0.1, -0.05) is 17.8 Å². The lowest BCUT2D eigenvalue weighted by Crippen LogP contribution is -2.27. The Bertz CT molecular complexity index is 891. The van der Waals surface area contributed by atoms with Gasteiger partial charge in [-0.2, -0.15) is 11.3 Å². The van der Waals surface area contributed by atoms with Gasteiger partial charge in [0.25, 0.3) is 0 Å². The molecule has 3 aromatic heterocycles. The molecule has 0 aliphatic heterocycles. The van der Waals surface area contributed by atoms with Gasteiger partial charge >= 0.3 is 5.97 Å². The summed E-state index contributed by atoms with van der Waals surface area (Å²) < 4.78 is 1.77. The second-order valence-electron chi connectivity index (χ2n) is 5.75. The summed E-state index contributed by atoms with van der Waals surface area (Å²) in [6.07, 6.45) is -0.0318. The summed E-state index contributed by atoms with van der Waals surface area (Å²) in [5, 5.41) is 23.9. The lowest BCUT2D eigenvalue weighted by Gasteiger charge is -2.16. The molecule has 0 saturated carbocycles. The van der Waals surface area contributed by atoms with Crippen LogP contribution in [0.5, 0.6) is 0 Å². The monoisotopic (exact) mass is 422 g/mol. The predicted octanol–water partition coefficient (Wildman–Crippen LogP) is 3.29. The highest BCUT2D eigenvalue weighted by Crippen LogP contribution is 2.27. The van der Waals surface area contributed by atoms with Crippen LogP contribution in [0.4, 0.5) is 0 Å². The Morgan fingerprint density at radius 3 is 2.81 bits per heavy atom. The molecule has 7 nitrogen and oxygen atoms in total. The zero-order valence-electron chi connectivity index (χ0n) is 14.6. The molecule has 3 heterocycles. The molecule has 142 valence electrons. The number of thiophene rings is 2. The largest absolute Gasteiger partial charge is 0.481 e. The van der Waals surface area contributed by atoms with E-state index in [1.54, 1.807) is 27.9 Å². The molecule has 0 aromatic carbocycles. The van der Waals surface area contributed by atoms with Gasteiger partial charge < -0.3 is 14.6 Å². The van der Waals surface area contributed by atoms with Crippen LogP contribution in [-0.2, 0) is 22.7 Å². The fourth-order valence-electron chi connectivity index (χ4n) is 2.37. The summed E-state index contributed by atoms with van der Waals surface area (Å²) in [5.74, 6) is -0.0520. The van der Waals surface area contributed by atoms with Crippen molar-refractivity contribution in [3.63, 3.8) is 0 Å². The summed E-state index contributed by atoms with van der Waals surface area (Å²) >= 11 is 4.40. The summed E-state index contributed by atoms with van der Waals surface area (Å²) in [6, 6.07) is 5.82. The van der Waals surface area contributed by atoms with E-state index in [0.29, 0.717) is 17.5 Å². The number of nitrogens with zero attached hydrogens (tertiary/aromatic N) is 4. The van der Waals surface area contributed by atoms with E-state index >= 15 is 0 Å². The maximum absolute atomic E-state index is 12.4. The Kier molecular flexibility index (Phi) is 6.64. The Hall–Kier alpha value is -2.17. The van der Waals surface area contributed by atoms with Crippen molar-refractivity contribution in [2.75, 3.05) is 12.8 Å². The minimum absolute atomic E-state index is 0.0170. The zero-order valence-corrected chi connectivity index (χ0v) is 17.0. The molecule has 3 aromatic rings. The lowest BCUT2D eigenvalue weighted by molar-refractivity contribution is -0.137. The molecule has 27 heavy (non-hydrogen) atoms. The van der Waals surface area contributed by atoms with Crippen LogP contribution < -0.4 is 0 Å². The van der Waals surface area contributed by atoms with Crippen LogP contribution in [0.3, 0.4) is 0 Å². The second kappa shape index (κ2) is 9.16. The van der Waals surface area contributed by atoms with E-state index in [1.165, 1.54) is 23.1 Å². The maximum atomic E-state index is 12.4. The number of carbonyl (C=O) groups excluding carboxylic acids is 1. The molecular formula is C17H18N4O3S3. The van der Waals surface area contributed by atoms with Gasteiger partial charge in [0.05, 0.1) is 17.1 Å². The number of carbonyl (C=O) groups is 2. The molecule has 0 atom stereocenters. The molecule has 1 amide bonds. The third kappa shape index (κ3) is 5.18. The number of carboxylic acid groups (broad SMARTS) is 1.